The summed E-state index contributed by atoms with van der Waals surface area (Å²) in [7, 11) is 0. The van der Waals surface area contributed by atoms with E-state index in [0.29, 0.717) is 6.42 Å². The molecule has 1 saturated heterocycles. The molecule has 2 N–H and O–H groups in total. The van der Waals surface area contributed by atoms with Gasteiger partial charge in [0, 0.05) is 13.0 Å². The third-order valence-corrected chi connectivity index (χ3v) is 4.38. The summed E-state index contributed by atoms with van der Waals surface area (Å²) in [6, 6.07) is 10.2. The highest BCUT2D eigenvalue weighted by Gasteiger charge is 2.27. The molecular weight excluding hydrogens is 284 g/mol. The van der Waals surface area contributed by atoms with Crippen LogP contribution in [0.5, 0.6) is 0 Å². The molecule has 3 nitrogen and oxygen atoms in total. The van der Waals surface area contributed by atoms with Crippen LogP contribution < -0.4 is 10.6 Å². The minimum absolute atomic E-state index is 0. The van der Waals surface area contributed by atoms with Crippen molar-refractivity contribution < 1.29 is 4.79 Å². The Kier molecular flexibility index (Phi) is 7.20. The Labute approximate surface area is 134 Å². The highest BCUT2D eigenvalue weighted by Crippen LogP contribution is 2.27. The molecule has 1 heterocycles. The maximum Gasteiger partial charge on any atom is 0.220 e. The molecule has 0 aliphatic carbocycles. The summed E-state index contributed by atoms with van der Waals surface area (Å²) >= 11 is 0. The first-order valence-corrected chi connectivity index (χ1v) is 7.61. The summed E-state index contributed by atoms with van der Waals surface area (Å²) in [6.45, 7) is 7.31. The number of benzene rings is 1. The Morgan fingerprint density at radius 1 is 1.29 bits per heavy atom. The summed E-state index contributed by atoms with van der Waals surface area (Å²) in [6.07, 6.45) is 2.85. The molecule has 1 aliphatic heterocycles. The molecule has 21 heavy (non-hydrogen) atoms. The van der Waals surface area contributed by atoms with E-state index in [1.165, 1.54) is 5.56 Å². The second-order valence-corrected chi connectivity index (χ2v) is 6.35. The van der Waals surface area contributed by atoms with E-state index in [2.05, 4.69) is 36.6 Å². The zero-order chi connectivity index (χ0) is 14.4. The lowest BCUT2D eigenvalue weighted by atomic mass is 9.81. The summed E-state index contributed by atoms with van der Waals surface area (Å²) in [5.41, 5.74) is 1.49. The normalized spacial score (nSPS) is 18.4. The summed E-state index contributed by atoms with van der Waals surface area (Å²) in [5.74, 6) is 0.443. The number of halogens is 1. The molecule has 2 rings (SSSR count). The molecule has 0 saturated carbocycles. The minimum atomic E-state index is 0. The van der Waals surface area contributed by atoms with Gasteiger partial charge in [0.2, 0.25) is 5.91 Å². The zero-order valence-corrected chi connectivity index (χ0v) is 13.8. The first kappa shape index (κ1) is 18.0. The molecular formula is C17H27ClN2O. The van der Waals surface area contributed by atoms with E-state index in [1.54, 1.807) is 0 Å². The molecule has 1 aromatic carbocycles. The highest BCUT2D eigenvalue weighted by atomic mass is 35.5. The third kappa shape index (κ3) is 5.68. The van der Waals surface area contributed by atoms with Gasteiger partial charge in [-0.2, -0.15) is 0 Å². The van der Waals surface area contributed by atoms with Crippen LogP contribution in [0.15, 0.2) is 30.3 Å². The fourth-order valence-electron chi connectivity index (χ4n) is 2.77. The number of amides is 1. The Balaban J connectivity index is 0.00000220. The number of nitrogens with one attached hydrogen (secondary N) is 2. The van der Waals surface area contributed by atoms with Crippen LogP contribution in [-0.2, 0) is 4.79 Å². The summed E-state index contributed by atoms with van der Waals surface area (Å²) in [4.78, 5) is 12.1. The molecule has 1 amide bonds. The molecule has 0 spiro atoms. The zero-order valence-electron chi connectivity index (χ0n) is 13.0. The van der Waals surface area contributed by atoms with Crippen molar-refractivity contribution in [3.63, 3.8) is 0 Å². The van der Waals surface area contributed by atoms with Gasteiger partial charge in [-0.1, -0.05) is 44.2 Å². The van der Waals surface area contributed by atoms with Crippen molar-refractivity contribution in [3.05, 3.63) is 35.9 Å². The lowest BCUT2D eigenvalue weighted by Crippen LogP contribution is -2.43. The number of hydrogen-bond acceptors (Lipinski definition) is 2. The molecule has 1 atom stereocenters. The van der Waals surface area contributed by atoms with Gasteiger partial charge in [-0.05, 0) is 42.8 Å². The molecule has 0 bridgehead atoms. The van der Waals surface area contributed by atoms with Gasteiger partial charge in [-0.3, -0.25) is 4.79 Å². The molecule has 1 aliphatic rings. The lowest BCUT2D eigenvalue weighted by Gasteiger charge is -2.34. The largest absolute Gasteiger partial charge is 0.356 e. The predicted octanol–water partition coefficient (Wildman–Crippen LogP) is 3.11. The highest BCUT2D eigenvalue weighted by molar-refractivity contribution is 5.85. The van der Waals surface area contributed by atoms with E-state index in [1.807, 2.05) is 18.2 Å². The van der Waals surface area contributed by atoms with E-state index < -0.39 is 0 Å². The molecule has 118 valence electrons. The minimum Gasteiger partial charge on any atom is -0.356 e. The number of carbonyl (C=O) groups excluding carboxylic acids is 1. The number of piperidine rings is 1. The van der Waals surface area contributed by atoms with Crippen LogP contribution in [0.1, 0.15) is 44.6 Å². The van der Waals surface area contributed by atoms with Crippen molar-refractivity contribution in [1.29, 1.82) is 0 Å². The number of rotatable bonds is 5. The van der Waals surface area contributed by atoms with Crippen LogP contribution in [0.4, 0.5) is 0 Å². The standard InChI is InChI=1S/C17H26N2O.ClH/c1-14(15-6-4-3-5-7-15)12-16(20)19-13-17(2)8-10-18-11-9-17;/h3-7,14,18H,8-13H2,1-2H3,(H,19,20);1H. The third-order valence-electron chi connectivity index (χ3n) is 4.38. The van der Waals surface area contributed by atoms with Gasteiger partial charge in [-0.25, -0.2) is 0 Å². The van der Waals surface area contributed by atoms with Crippen LogP contribution in [0.25, 0.3) is 0 Å². The molecule has 1 aromatic rings. The average Bonchev–Trinajstić information content (AvgIpc) is 2.47. The van der Waals surface area contributed by atoms with Crippen LogP contribution in [0.2, 0.25) is 0 Å². The van der Waals surface area contributed by atoms with Gasteiger partial charge < -0.3 is 10.6 Å². The molecule has 0 radical (unpaired) electrons. The quantitative estimate of drug-likeness (QED) is 0.877. The fourth-order valence-corrected chi connectivity index (χ4v) is 2.77. The van der Waals surface area contributed by atoms with Crippen molar-refractivity contribution in [3.8, 4) is 0 Å². The Bertz CT molecular complexity index is 430. The van der Waals surface area contributed by atoms with Crippen molar-refractivity contribution in [2.75, 3.05) is 19.6 Å². The SMILES string of the molecule is CC(CC(=O)NCC1(C)CCNCC1)c1ccccc1.Cl. The van der Waals surface area contributed by atoms with Crippen molar-refractivity contribution in [2.24, 2.45) is 5.41 Å². The van der Waals surface area contributed by atoms with E-state index in [4.69, 9.17) is 0 Å². The van der Waals surface area contributed by atoms with Crippen LogP contribution in [-0.4, -0.2) is 25.5 Å². The number of carbonyl (C=O) groups is 1. The first-order valence-electron chi connectivity index (χ1n) is 7.61. The molecule has 1 unspecified atom stereocenters. The van der Waals surface area contributed by atoms with Crippen LogP contribution in [0, 0.1) is 5.41 Å². The average molecular weight is 311 g/mol. The van der Waals surface area contributed by atoms with Crippen molar-refractivity contribution in [1.82, 2.24) is 10.6 Å². The molecule has 4 heteroatoms. The topological polar surface area (TPSA) is 41.1 Å². The van der Waals surface area contributed by atoms with Gasteiger partial charge in [0.15, 0.2) is 0 Å². The lowest BCUT2D eigenvalue weighted by molar-refractivity contribution is -0.122. The summed E-state index contributed by atoms with van der Waals surface area (Å²) in [5, 5.41) is 6.50. The molecule has 1 fully saturated rings. The van der Waals surface area contributed by atoms with Crippen LogP contribution >= 0.6 is 12.4 Å². The van der Waals surface area contributed by atoms with E-state index >= 15 is 0 Å². The van der Waals surface area contributed by atoms with Crippen molar-refractivity contribution >= 4 is 18.3 Å². The van der Waals surface area contributed by atoms with Crippen molar-refractivity contribution in [2.45, 2.75) is 39.0 Å². The fraction of sp³-hybridized carbons (Fsp3) is 0.588. The van der Waals surface area contributed by atoms with Gasteiger partial charge in [0.05, 0.1) is 0 Å². The van der Waals surface area contributed by atoms with Gasteiger partial charge in [0.1, 0.15) is 0 Å². The maximum atomic E-state index is 12.1. The van der Waals surface area contributed by atoms with Gasteiger partial charge in [0.25, 0.3) is 0 Å². The first-order chi connectivity index (χ1) is 9.59. The Morgan fingerprint density at radius 3 is 2.52 bits per heavy atom. The van der Waals surface area contributed by atoms with Gasteiger partial charge in [-0.15, -0.1) is 12.4 Å². The smallest absolute Gasteiger partial charge is 0.220 e. The van der Waals surface area contributed by atoms with Gasteiger partial charge >= 0.3 is 0 Å². The van der Waals surface area contributed by atoms with E-state index in [-0.39, 0.29) is 29.6 Å². The van der Waals surface area contributed by atoms with E-state index in [0.717, 1.165) is 32.5 Å². The molecule has 0 aromatic heterocycles. The second kappa shape index (κ2) is 8.40. The summed E-state index contributed by atoms with van der Waals surface area (Å²) < 4.78 is 0. The monoisotopic (exact) mass is 310 g/mol. The Morgan fingerprint density at radius 2 is 1.90 bits per heavy atom. The van der Waals surface area contributed by atoms with Crippen LogP contribution in [0.3, 0.4) is 0 Å². The number of hydrogen-bond donors (Lipinski definition) is 2. The Hall–Kier alpha value is -1.06. The predicted molar refractivity (Wildman–Crippen MR) is 89.9 cm³/mol. The maximum absolute atomic E-state index is 12.1. The van der Waals surface area contributed by atoms with E-state index in [9.17, 15) is 4.79 Å². The second-order valence-electron chi connectivity index (χ2n) is 6.35.